The summed E-state index contributed by atoms with van der Waals surface area (Å²) >= 11 is 7.50. The number of likely N-dealkylation sites (tertiary alicyclic amines) is 1. The highest BCUT2D eigenvalue weighted by molar-refractivity contribution is 7.98. The Morgan fingerprint density at radius 2 is 2.07 bits per heavy atom. The SMILES string of the molecule is CC(C)(C)OC(=O)N1CCC(c2nnc(SCc3cccc(Cl)c3)o2)CC1. The third-order valence-corrected chi connectivity index (χ3v) is 5.29. The second-order valence-corrected chi connectivity index (χ2v) is 8.93. The summed E-state index contributed by atoms with van der Waals surface area (Å²) < 4.78 is 11.3. The number of rotatable bonds is 4. The number of amides is 1. The van der Waals surface area contributed by atoms with Gasteiger partial charge in [0.05, 0.1) is 0 Å². The standard InChI is InChI=1S/C19H24ClN3O3S/c1-19(2,3)26-18(24)23-9-7-14(8-10-23)16-21-22-17(25-16)27-12-13-5-4-6-15(20)11-13/h4-6,11,14H,7-10,12H2,1-3H3. The molecule has 0 saturated carbocycles. The van der Waals surface area contributed by atoms with E-state index < -0.39 is 5.60 Å². The summed E-state index contributed by atoms with van der Waals surface area (Å²) in [7, 11) is 0. The van der Waals surface area contributed by atoms with Gasteiger partial charge in [-0.3, -0.25) is 0 Å². The van der Waals surface area contributed by atoms with Crippen molar-refractivity contribution in [1.82, 2.24) is 15.1 Å². The number of carbonyl (C=O) groups is 1. The van der Waals surface area contributed by atoms with Crippen molar-refractivity contribution in [2.75, 3.05) is 13.1 Å². The summed E-state index contributed by atoms with van der Waals surface area (Å²) in [5.41, 5.74) is 0.633. The van der Waals surface area contributed by atoms with E-state index in [1.165, 1.54) is 11.8 Å². The van der Waals surface area contributed by atoms with Crippen molar-refractivity contribution in [3.05, 3.63) is 40.7 Å². The van der Waals surface area contributed by atoms with Gasteiger partial charge in [-0.05, 0) is 51.3 Å². The van der Waals surface area contributed by atoms with Crippen molar-refractivity contribution >= 4 is 29.5 Å². The van der Waals surface area contributed by atoms with Crippen LogP contribution in [0.25, 0.3) is 0 Å². The Balaban J connectivity index is 1.50. The zero-order valence-corrected chi connectivity index (χ0v) is 17.3. The fourth-order valence-electron chi connectivity index (χ4n) is 2.85. The van der Waals surface area contributed by atoms with Crippen LogP contribution in [0.1, 0.15) is 51.0 Å². The second kappa shape index (κ2) is 8.52. The number of benzene rings is 1. The maximum Gasteiger partial charge on any atom is 0.410 e. The Morgan fingerprint density at radius 1 is 1.33 bits per heavy atom. The fraction of sp³-hybridized carbons (Fsp3) is 0.526. The Labute approximate surface area is 168 Å². The van der Waals surface area contributed by atoms with Crippen molar-refractivity contribution < 1.29 is 13.9 Å². The molecule has 0 bridgehead atoms. The Morgan fingerprint density at radius 3 is 2.74 bits per heavy atom. The van der Waals surface area contributed by atoms with Crippen LogP contribution in [0.15, 0.2) is 33.9 Å². The molecule has 1 aromatic heterocycles. The molecule has 0 atom stereocenters. The summed E-state index contributed by atoms with van der Waals surface area (Å²) in [6.07, 6.45) is 1.32. The highest BCUT2D eigenvalue weighted by atomic mass is 35.5. The summed E-state index contributed by atoms with van der Waals surface area (Å²) in [6, 6.07) is 7.72. The van der Waals surface area contributed by atoms with E-state index in [1.54, 1.807) is 4.90 Å². The lowest BCUT2D eigenvalue weighted by atomic mass is 9.97. The summed E-state index contributed by atoms with van der Waals surface area (Å²) in [5, 5.41) is 9.61. The summed E-state index contributed by atoms with van der Waals surface area (Å²) in [5.74, 6) is 1.54. The van der Waals surface area contributed by atoms with E-state index in [1.807, 2.05) is 45.0 Å². The lowest BCUT2D eigenvalue weighted by Crippen LogP contribution is -2.41. The van der Waals surface area contributed by atoms with E-state index in [9.17, 15) is 4.79 Å². The van der Waals surface area contributed by atoms with Gasteiger partial charge in [0.1, 0.15) is 5.60 Å². The van der Waals surface area contributed by atoms with E-state index in [0.717, 1.165) is 29.2 Å². The first-order valence-electron chi connectivity index (χ1n) is 8.99. The molecule has 1 saturated heterocycles. The normalized spacial score (nSPS) is 15.8. The van der Waals surface area contributed by atoms with Crippen LogP contribution in [0, 0.1) is 0 Å². The molecule has 0 radical (unpaired) electrons. The molecular weight excluding hydrogens is 386 g/mol. The molecule has 3 rings (SSSR count). The molecular formula is C19H24ClN3O3S. The van der Waals surface area contributed by atoms with E-state index in [2.05, 4.69) is 10.2 Å². The number of halogens is 1. The van der Waals surface area contributed by atoms with E-state index in [0.29, 0.717) is 24.2 Å². The quantitative estimate of drug-likeness (QED) is 0.652. The third-order valence-electron chi connectivity index (χ3n) is 4.17. The zero-order chi connectivity index (χ0) is 19.4. The number of thioether (sulfide) groups is 1. The molecule has 2 heterocycles. The molecule has 8 heteroatoms. The van der Waals surface area contributed by atoms with Gasteiger partial charge < -0.3 is 14.1 Å². The van der Waals surface area contributed by atoms with Crippen LogP contribution < -0.4 is 0 Å². The topological polar surface area (TPSA) is 68.5 Å². The molecule has 146 valence electrons. The predicted molar refractivity (Wildman–Crippen MR) is 105 cm³/mol. The lowest BCUT2D eigenvalue weighted by molar-refractivity contribution is 0.0198. The van der Waals surface area contributed by atoms with Gasteiger partial charge in [-0.2, -0.15) is 0 Å². The van der Waals surface area contributed by atoms with E-state index >= 15 is 0 Å². The first-order chi connectivity index (χ1) is 12.8. The molecule has 0 aliphatic carbocycles. The van der Waals surface area contributed by atoms with Crippen LogP contribution in [0.4, 0.5) is 4.79 Å². The van der Waals surface area contributed by atoms with Crippen molar-refractivity contribution in [1.29, 1.82) is 0 Å². The predicted octanol–water partition coefficient (Wildman–Crippen LogP) is 5.13. The highest BCUT2D eigenvalue weighted by Gasteiger charge is 2.29. The Bertz CT molecular complexity index is 783. The maximum atomic E-state index is 12.1. The van der Waals surface area contributed by atoms with Crippen LogP contribution in [0.3, 0.4) is 0 Å². The number of aromatic nitrogens is 2. The van der Waals surface area contributed by atoms with E-state index in [-0.39, 0.29) is 12.0 Å². The molecule has 1 aliphatic rings. The number of hydrogen-bond donors (Lipinski definition) is 0. The smallest absolute Gasteiger partial charge is 0.410 e. The van der Waals surface area contributed by atoms with Crippen molar-refractivity contribution in [3.63, 3.8) is 0 Å². The van der Waals surface area contributed by atoms with Crippen molar-refractivity contribution in [2.24, 2.45) is 0 Å². The summed E-state index contributed by atoms with van der Waals surface area (Å²) in [4.78, 5) is 13.9. The van der Waals surface area contributed by atoms with Crippen LogP contribution in [0.2, 0.25) is 5.02 Å². The largest absolute Gasteiger partial charge is 0.444 e. The molecule has 1 aliphatic heterocycles. The number of carbonyl (C=O) groups excluding carboxylic acids is 1. The maximum absolute atomic E-state index is 12.1. The number of hydrogen-bond acceptors (Lipinski definition) is 6. The first kappa shape index (κ1) is 20.0. The van der Waals surface area contributed by atoms with Crippen LogP contribution >= 0.6 is 23.4 Å². The molecule has 6 nitrogen and oxygen atoms in total. The average molecular weight is 410 g/mol. The molecule has 27 heavy (non-hydrogen) atoms. The zero-order valence-electron chi connectivity index (χ0n) is 15.8. The van der Waals surface area contributed by atoms with Gasteiger partial charge in [0.2, 0.25) is 5.89 Å². The van der Waals surface area contributed by atoms with Gasteiger partial charge in [0, 0.05) is 29.8 Å². The minimum Gasteiger partial charge on any atom is -0.444 e. The minimum atomic E-state index is -0.477. The average Bonchev–Trinajstić information content (AvgIpc) is 3.08. The van der Waals surface area contributed by atoms with Gasteiger partial charge in [0.25, 0.3) is 5.22 Å². The Hall–Kier alpha value is -1.73. The monoisotopic (exact) mass is 409 g/mol. The highest BCUT2D eigenvalue weighted by Crippen LogP contribution is 2.30. The van der Waals surface area contributed by atoms with Crippen LogP contribution in [-0.4, -0.2) is 39.9 Å². The van der Waals surface area contributed by atoms with Gasteiger partial charge in [-0.15, -0.1) is 10.2 Å². The fourth-order valence-corrected chi connectivity index (χ4v) is 3.78. The van der Waals surface area contributed by atoms with Crippen molar-refractivity contribution in [2.45, 2.75) is 56.1 Å². The van der Waals surface area contributed by atoms with Crippen LogP contribution in [0.5, 0.6) is 0 Å². The van der Waals surface area contributed by atoms with Crippen molar-refractivity contribution in [3.8, 4) is 0 Å². The molecule has 0 N–H and O–H groups in total. The number of piperidine rings is 1. The number of nitrogens with zero attached hydrogens (tertiary/aromatic N) is 3. The van der Waals surface area contributed by atoms with Gasteiger partial charge in [-0.25, -0.2) is 4.79 Å². The minimum absolute atomic E-state index is 0.178. The molecule has 1 amide bonds. The van der Waals surface area contributed by atoms with E-state index in [4.69, 9.17) is 20.8 Å². The van der Waals surface area contributed by atoms with Crippen LogP contribution in [-0.2, 0) is 10.5 Å². The molecule has 0 unspecified atom stereocenters. The summed E-state index contributed by atoms with van der Waals surface area (Å²) in [6.45, 7) is 6.88. The molecule has 2 aromatic rings. The lowest BCUT2D eigenvalue weighted by Gasteiger charge is -2.32. The van der Waals surface area contributed by atoms with Gasteiger partial charge in [0.15, 0.2) is 0 Å². The second-order valence-electron chi connectivity index (χ2n) is 7.57. The first-order valence-corrected chi connectivity index (χ1v) is 10.3. The molecule has 1 aromatic carbocycles. The Kier molecular flexibility index (Phi) is 6.32. The third kappa shape index (κ3) is 5.87. The molecule has 1 fully saturated rings. The van der Waals surface area contributed by atoms with Gasteiger partial charge in [-0.1, -0.05) is 35.5 Å². The number of ether oxygens (including phenoxy) is 1. The molecule has 0 spiro atoms. The van der Waals surface area contributed by atoms with Gasteiger partial charge >= 0.3 is 6.09 Å².